The first-order chi connectivity index (χ1) is 8.08. The number of carbonyl (C=O) groups excluding carboxylic acids is 1. The van der Waals surface area contributed by atoms with E-state index in [2.05, 4.69) is 10.3 Å². The van der Waals surface area contributed by atoms with E-state index in [1.54, 1.807) is 0 Å². The number of hydrogen-bond acceptors (Lipinski definition) is 3. The van der Waals surface area contributed by atoms with E-state index in [1.807, 2.05) is 13.8 Å². The molecule has 0 bridgehead atoms. The first kappa shape index (κ1) is 12.0. The van der Waals surface area contributed by atoms with Crippen LogP contribution in [-0.2, 0) is 4.74 Å². The Morgan fingerprint density at radius 2 is 2.29 bits per heavy atom. The maximum atomic E-state index is 13.6. The van der Waals surface area contributed by atoms with E-state index >= 15 is 0 Å². The van der Waals surface area contributed by atoms with Crippen molar-refractivity contribution in [3.05, 3.63) is 29.3 Å². The lowest BCUT2D eigenvalue weighted by Crippen LogP contribution is -2.48. The summed E-state index contributed by atoms with van der Waals surface area (Å²) in [6.07, 6.45) is 1.42. The van der Waals surface area contributed by atoms with Crippen molar-refractivity contribution in [2.45, 2.75) is 25.8 Å². The zero-order valence-electron chi connectivity index (χ0n) is 9.87. The maximum absolute atomic E-state index is 13.6. The molecule has 0 spiro atoms. The van der Waals surface area contributed by atoms with Crippen molar-refractivity contribution in [1.82, 2.24) is 10.3 Å². The minimum atomic E-state index is -0.384. The van der Waals surface area contributed by atoms with Gasteiger partial charge in [-0.15, -0.1) is 0 Å². The number of rotatable bonds is 3. The highest BCUT2D eigenvalue weighted by Gasteiger charge is 2.22. The fourth-order valence-electron chi connectivity index (χ4n) is 1.57. The molecule has 1 fully saturated rings. The predicted molar refractivity (Wildman–Crippen MR) is 60.4 cm³/mol. The minimum Gasteiger partial charge on any atom is -0.377 e. The van der Waals surface area contributed by atoms with E-state index in [0.29, 0.717) is 18.8 Å². The van der Waals surface area contributed by atoms with Crippen LogP contribution in [0.3, 0.4) is 0 Å². The van der Waals surface area contributed by atoms with E-state index < -0.39 is 0 Å². The van der Waals surface area contributed by atoms with Gasteiger partial charge in [0, 0.05) is 17.8 Å². The molecule has 0 aliphatic carbocycles. The lowest BCUT2D eigenvalue weighted by atomic mass is 10.0. The van der Waals surface area contributed by atoms with Gasteiger partial charge in [-0.2, -0.15) is 0 Å². The molecule has 92 valence electrons. The molecule has 0 radical (unpaired) electrons. The van der Waals surface area contributed by atoms with Gasteiger partial charge in [0.25, 0.3) is 5.91 Å². The third kappa shape index (κ3) is 2.61. The van der Waals surface area contributed by atoms with E-state index in [-0.39, 0.29) is 29.4 Å². The smallest absolute Gasteiger partial charge is 0.270 e. The number of ether oxygens (including phenoxy) is 1. The van der Waals surface area contributed by atoms with Crippen LogP contribution in [0.2, 0.25) is 0 Å². The molecule has 1 aliphatic heterocycles. The summed E-state index contributed by atoms with van der Waals surface area (Å²) in [5, 5.41) is 2.72. The summed E-state index contributed by atoms with van der Waals surface area (Å²) in [5.74, 6) is -0.683. The van der Waals surface area contributed by atoms with Gasteiger partial charge >= 0.3 is 0 Å². The van der Waals surface area contributed by atoms with Crippen LogP contribution in [0.4, 0.5) is 4.39 Å². The fourth-order valence-corrected chi connectivity index (χ4v) is 1.57. The highest BCUT2D eigenvalue weighted by molar-refractivity contribution is 5.92. The second-order valence-corrected chi connectivity index (χ2v) is 4.45. The predicted octanol–water partition coefficient (Wildman–Crippen LogP) is 1.47. The second kappa shape index (κ2) is 4.79. The standard InChI is InChI=1S/C12H15FN2O2/c1-7(2)9-4-14-11(3-10(9)13)12(16)15-8-5-17-6-8/h3-4,7-8H,5-6H2,1-2H3,(H,15,16). The number of carbonyl (C=O) groups is 1. The van der Waals surface area contributed by atoms with Crippen LogP contribution >= 0.6 is 0 Å². The zero-order valence-corrected chi connectivity index (χ0v) is 9.87. The topological polar surface area (TPSA) is 51.2 Å². The second-order valence-electron chi connectivity index (χ2n) is 4.45. The Morgan fingerprint density at radius 3 is 2.76 bits per heavy atom. The maximum Gasteiger partial charge on any atom is 0.270 e. The highest BCUT2D eigenvalue weighted by atomic mass is 19.1. The van der Waals surface area contributed by atoms with Crippen LogP contribution in [0.15, 0.2) is 12.3 Å². The summed E-state index contributed by atoms with van der Waals surface area (Å²) in [5.41, 5.74) is 0.632. The first-order valence-electron chi connectivity index (χ1n) is 5.62. The SMILES string of the molecule is CC(C)c1cnc(C(=O)NC2COC2)cc1F. The molecule has 1 saturated heterocycles. The Labute approximate surface area is 99.2 Å². The van der Waals surface area contributed by atoms with Gasteiger partial charge < -0.3 is 10.1 Å². The molecule has 0 atom stereocenters. The molecule has 17 heavy (non-hydrogen) atoms. The zero-order chi connectivity index (χ0) is 12.4. The molecule has 0 saturated carbocycles. The van der Waals surface area contributed by atoms with E-state index in [4.69, 9.17) is 4.74 Å². The average molecular weight is 238 g/mol. The monoisotopic (exact) mass is 238 g/mol. The Bertz CT molecular complexity index is 431. The number of halogens is 1. The lowest BCUT2D eigenvalue weighted by molar-refractivity contribution is -0.00355. The lowest BCUT2D eigenvalue weighted by Gasteiger charge is -2.26. The van der Waals surface area contributed by atoms with E-state index in [1.165, 1.54) is 12.3 Å². The van der Waals surface area contributed by atoms with Crippen LogP contribution in [0.1, 0.15) is 35.8 Å². The van der Waals surface area contributed by atoms with Crippen molar-refractivity contribution < 1.29 is 13.9 Å². The molecule has 1 aliphatic rings. The van der Waals surface area contributed by atoms with Crippen LogP contribution in [0.25, 0.3) is 0 Å². The third-order valence-electron chi connectivity index (χ3n) is 2.71. The van der Waals surface area contributed by atoms with Crippen molar-refractivity contribution in [1.29, 1.82) is 0 Å². The van der Waals surface area contributed by atoms with Gasteiger partial charge in [0.1, 0.15) is 11.5 Å². The molecule has 0 aromatic carbocycles. The number of hydrogen-bond donors (Lipinski definition) is 1. The van der Waals surface area contributed by atoms with Crippen molar-refractivity contribution in [2.75, 3.05) is 13.2 Å². The molecular weight excluding hydrogens is 223 g/mol. The van der Waals surface area contributed by atoms with Crippen molar-refractivity contribution in [3.63, 3.8) is 0 Å². The van der Waals surface area contributed by atoms with Crippen LogP contribution in [0, 0.1) is 5.82 Å². The quantitative estimate of drug-likeness (QED) is 0.867. The Hall–Kier alpha value is -1.49. The highest BCUT2D eigenvalue weighted by Crippen LogP contribution is 2.17. The number of nitrogens with one attached hydrogen (secondary N) is 1. The van der Waals surface area contributed by atoms with E-state index in [9.17, 15) is 9.18 Å². The van der Waals surface area contributed by atoms with Crippen LogP contribution < -0.4 is 5.32 Å². The molecule has 0 unspecified atom stereocenters. The minimum absolute atomic E-state index is 0.0251. The van der Waals surface area contributed by atoms with Gasteiger partial charge in [-0.25, -0.2) is 4.39 Å². The van der Waals surface area contributed by atoms with Gasteiger partial charge in [-0.05, 0) is 5.92 Å². The molecular formula is C12H15FN2O2. The summed E-state index contributed by atoms with van der Waals surface area (Å²) in [6.45, 7) is 4.79. The van der Waals surface area contributed by atoms with Gasteiger partial charge in [-0.3, -0.25) is 9.78 Å². The van der Waals surface area contributed by atoms with E-state index in [0.717, 1.165) is 0 Å². The summed E-state index contributed by atoms with van der Waals surface area (Å²) in [6, 6.07) is 1.21. The van der Waals surface area contributed by atoms with Crippen molar-refractivity contribution in [2.24, 2.45) is 0 Å². The molecule has 1 aromatic heterocycles. The molecule has 4 nitrogen and oxygen atoms in total. The third-order valence-corrected chi connectivity index (χ3v) is 2.71. The molecule has 1 N–H and O–H groups in total. The Morgan fingerprint density at radius 1 is 1.59 bits per heavy atom. The fraction of sp³-hybridized carbons (Fsp3) is 0.500. The van der Waals surface area contributed by atoms with Gasteiger partial charge in [0.05, 0.1) is 19.3 Å². The molecule has 5 heteroatoms. The van der Waals surface area contributed by atoms with Gasteiger partial charge in [0.15, 0.2) is 0 Å². The van der Waals surface area contributed by atoms with Crippen molar-refractivity contribution in [3.8, 4) is 0 Å². The Kier molecular flexibility index (Phi) is 3.38. The van der Waals surface area contributed by atoms with Gasteiger partial charge in [-0.1, -0.05) is 13.8 Å². The number of amides is 1. The molecule has 2 heterocycles. The van der Waals surface area contributed by atoms with Crippen molar-refractivity contribution >= 4 is 5.91 Å². The van der Waals surface area contributed by atoms with Crippen LogP contribution in [0.5, 0.6) is 0 Å². The summed E-state index contributed by atoms with van der Waals surface area (Å²) in [4.78, 5) is 15.7. The first-order valence-corrected chi connectivity index (χ1v) is 5.62. The summed E-state index contributed by atoms with van der Waals surface area (Å²) in [7, 11) is 0. The number of pyridine rings is 1. The molecule has 1 aromatic rings. The summed E-state index contributed by atoms with van der Waals surface area (Å²) >= 11 is 0. The Balaban J connectivity index is 2.10. The van der Waals surface area contributed by atoms with Crippen LogP contribution in [-0.4, -0.2) is 30.1 Å². The number of aromatic nitrogens is 1. The molecule has 1 amide bonds. The van der Waals surface area contributed by atoms with Gasteiger partial charge in [0.2, 0.25) is 0 Å². The largest absolute Gasteiger partial charge is 0.377 e. The normalized spacial score (nSPS) is 15.8. The average Bonchev–Trinajstić information content (AvgIpc) is 2.22. The summed E-state index contributed by atoms with van der Waals surface area (Å²) < 4.78 is 18.6. The molecule has 2 rings (SSSR count). The number of nitrogens with zero attached hydrogens (tertiary/aromatic N) is 1.